The summed E-state index contributed by atoms with van der Waals surface area (Å²) in [5.41, 5.74) is 3.19. The minimum Gasteiger partial charge on any atom is -0.462 e. The first kappa shape index (κ1) is 21.9. The summed E-state index contributed by atoms with van der Waals surface area (Å²) in [5.74, 6) is -0.402. The van der Waals surface area contributed by atoms with Gasteiger partial charge in [0.15, 0.2) is 5.16 Å². The Hall–Kier alpha value is -2.80. The lowest BCUT2D eigenvalue weighted by Crippen LogP contribution is -2.33. The summed E-state index contributed by atoms with van der Waals surface area (Å²) in [6.45, 7) is 8.71. The molecule has 3 rings (SSSR count). The normalized spacial score (nSPS) is 13.1. The first-order valence-corrected chi connectivity index (χ1v) is 11.0. The molecule has 0 aliphatic carbocycles. The molecule has 0 saturated carbocycles. The number of benzene rings is 2. The number of fused-ring (bicyclic) bond motifs is 1. The number of imidazole rings is 1. The number of carbonyl (C=O) groups excluding carboxylic acids is 2. The maximum Gasteiger partial charge on any atom is 0.338 e. The summed E-state index contributed by atoms with van der Waals surface area (Å²) in [6, 6.07) is 15.2. The highest BCUT2D eigenvalue weighted by Gasteiger charge is 2.21. The number of esters is 1. The van der Waals surface area contributed by atoms with Crippen molar-refractivity contribution in [1.82, 2.24) is 14.9 Å². The summed E-state index contributed by atoms with van der Waals surface area (Å²) < 4.78 is 7.13. The van der Waals surface area contributed by atoms with E-state index >= 15 is 0 Å². The van der Waals surface area contributed by atoms with E-state index in [0.717, 1.165) is 21.8 Å². The fourth-order valence-electron chi connectivity index (χ4n) is 3.21. The SMILES string of the molecule is CCOC(=O)c1ccc2c(c1)nc(SC(C)C(=O)NC(C)c1ccccc1)n2CC. The van der Waals surface area contributed by atoms with Crippen molar-refractivity contribution in [2.45, 2.75) is 50.7 Å². The molecule has 1 amide bonds. The van der Waals surface area contributed by atoms with Crippen molar-refractivity contribution in [2.24, 2.45) is 0 Å². The molecule has 0 saturated heterocycles. The van der Waals surface area contributed by atoms with Crippen LogP contribution >= 0.6 is 11.8 Å². The summed E-state index contributed by atoms with van der Waals surface area (Å²) >= 11 is 1.41. The topological polar surface area (TPSA) is 73.2 Å². The van der Waals surface area contributed by atoms with E-state index in [0.29, 0.717) is 18.7 Å². The number of nitrogens with zero attached hydrogens (tertiary/aromatic N) is 2. The zero-order valence-electron chi connectivity index (χ0n) is 17.7. The van der Waals surface area contributed by atoms with Crippen LogP contribution in [-0.4, -0.2) is 33.3 Å². The first-order chi connectivity index (χ1) is 14.4. The second-order valence-corrected chi connectivity index (χ2v) is 8.27. The predicted molar refractivity (Wildman–Crippen MR) is 120 cm³/mol. The molecule has 7 heteroatoms. The summed E-state index contributed by atoms with van der Waals surface area (Å²) in [6.07, 6.45) is 0. The third-order valence-corrected chi connectivity index (χ3v) is 5.94. The zero-order chi connectivity index (χ0) is 21.7. The lowest BCUT2D eigenvalue weighted by molar-refractivity contribution is -0.120. The molecule has 0 radical (unpaired) electrons. The maximum absolute atomic E-state index is 12.7. The molecule has 6 nitrogen and oxygen atoms in total. The van der Waals surface area contributed by atoms with Crippen molar-refractivity contribution in [3.63, 3.8) is 0 Å². The van der Waals surface area contributed by atoms with Gasteiger partial charge in [-0.3, -0.25) is 4.79 Å². The Balaban J connectivity index is 1.76. The molecular formula is C23H27N3O3S. The first-order valence-electron chi connectivity index (χ1n) is 10.1. The average Bonchev–Trinajstić information content (AvgIpc) is 3.10. The number of nitrogens with one attached hydrogen (secondary N) is 1. The Morgan fingerprint density at radius 2 is 1.87 bits per heavy atom. The van der Waals surface area contributed by atoms with E-state index in [1.807, 2.05) is 57.2 Å². The van der Waals surface area contributed by atoms with Crippen LogP contribution in [-0.2, 0) is 16.1 Å². The minimum atomic E-state index is -0.359. The van der Waals surface area contributed by atoms with Gasteiger partial charge in [-0.2, -0.15) is 0 Å². The van der Waals surface area contributed by atoms with E-state index in [1.165, 1.54) is 11.8 Å². The van der Waals surface area contributed by atoms with Crippen LogP contribution in [0, 0.1) is 0 Å². The van der Waals surface area contributed by atoms with Crippen LogP contribution in [0.5, 0.6) is 0 Å². The number of thioether (sulfide) groups is 1. The number of aryl methyl sites for hydroxylation is 1. The molecule has 158 valence electrons. The fraction of sp³-hybridized carbons (Fsp3) is 0.348. The fourth-order valence-corrected chi connectivity index (χ4v) is 4.21. The molecule has 3 aromatic rings. The van der Waals surface area contributed by atoms with Gasteiger partial charge in [0.2, 0.25) is 5.91 Å². The van der Waals surface area contributed by atoms with Crippen LogP contribution in [0.15, 0.2) is 53.7 Å². The summed E-state index contributed by atoms with van der Waals surface area (Å²) in [5, 5.41) is 3.50. The van der Waals surface area contributed by atoms with Gasteiger partial charge in [0.1, 0.15) is 0 Å². The standard InChI is InChI=1S/C23H27N3O3S/c1-5-26-20-13-12-18(22(28)29-6-2)14-19(20)25-23(26)30-16(4)21(27)24-15(3)17-10-8-7-9-11-17/h7-16H,5-6H2,1-4H3,(H,24,27). The summed E-state index contributed by atoms with van der Waals surface area (Å²) in [4.78, 5) is 29.4. The molecular weight excluding hydrogens is 398 g/mol. The molecule has 0 bridgehead atoms. The van der Waals surface area contributed by atoms with Gasteiger partial charge >= 0.3 is 5.97 Å². The minimum absolute atomic E-state index is 0.0433. The van der Waals surface area contributed by atoms with Gasteiger partial charge in [-0.25, -0.2) is 9.78 Å². The van der Waals surface area contributed by atoms with Crippen LogP contribution in [0.4, 0.5) is 0 Å². The Morgan fingerprint density at radius 3 is 2.53 bits per heavy atom. The van der Waals surface area contributed by atoms with E-state index in [9.17, 15) is 9.59 Å². The van der Waals surface area contributed by atoms with E-state index in [-0.39, 0.29) is 23.2 Å². The molecule has 2 unspecified atom stereocenters. The highest BCUT2D eigenvalue weighted by molar-refractivity contribution is 8.00. The molecule has 30 heavy (non-hydrogen) atoms. The Kier molecular flexibility index (Phi) is 7.15. The number of hydrogen-bond donors (Lipinski definition) is 1. The highest BCUT2D eigenvalue weighted by Crippen LogP contribution is 2.28. The second-order valence-electron chi connectivity index (χ2n) is 6.96. The number of hydrogen-bond acceptors (Lipinski definition) is 5. The van der Waals surface area contributed by atoms with Gasteiger partial charge in [0.05, 0.1) is 34.5 Å². The van der Waals surface area contributed by atoms with Crippen molar-refractivity contribution in [3.8, 4) is 0 Å². The number of aromatic nitrogens is 2. The van der Waals surface area contributed by atoms with E-state index in [1.54, 1.807) is 19.1 Å². The summed E-state index contributed by atoms with van der Waals surface area (Å²) in [7, 11) is 0. The van der Waals surface area contributed by atoms with Gasteiger partial charge < -0.3 is 14.6 Å². The molecule has 2 aromatic carbocycles. The molecule has 0 aliphatic heterocycles. The zero-order valence-corrected chi connectivity index (χ0v) is 18.5. The van der Waals surface area contributed by atoms with Crippen molar-refractivity contribution < 1.29 is 14.3 Å². The van der Waals surface area contributed by atoms with Crippen molar-refractivity contribution in [1.29, 1.82) is 0 Å². The van der Waals surface area contributed by atoms with Crippen molar-refractivity contribution in [3.05, 3.63) is 59.7 Å². The lowest BCUT2D eigenvalue weighted by Gasteiger charge is -2.17. The predicted octanol–water partition coefficient (Wildman–Crippen LogP) is 4.59. The maximum atomic E-state index is 12.7. The van der Waals surface area contributed by atoms with Crippen molar-refractivity contribution in [2.75, 3.05) is 6.61 Å². The Bertz CT molecular complexity index is 1030. The van der Waals surface area contributed by atoms with Gasteiger partial charge in [-0.1, -0.05) is 42.1 Å². The lowest BCUT2D eigenvalue weighted by atomic mass is 10.1. The third-order valence-electron chi connectivity index (χ3n) is 4.85. The van der Waals surface area contributed by atoms with E-state index in [2.05, 4.69) is 14.9 Å². The van der Waals surface area contributed by atoms with Gasteiger partial charge in [0, 0.05) is 6.54 Å². The molecule has 1 N–H and O–H groups in total. The molecule has 1 aromatic heterocycles. The molecule has 0 aliphatic rings. The number of rotatable bonds is 8. The largest absolute Gasteiger partial charge is 0.462 e. The number of amides is 1. The van der Waals surface area contributed by atoms with Crippen LogP contribution in [0.3, 0.4) is 0 Å². The van der Waals surface area contributed by atoms with E-state index in [4.69, 9.17) is 4.74 Å². The van der Waals surface area contributed by atoms with Gasteiger partial charge in [-0.15, -0.1) is 0 Å². The number of ether oxygens (including phenoxy) is 1. The molecule has 0 spiro atoms. The van der Waals surface area contributed by atoms with Crippen LogP contribution in [0.1, 0.15) is 49.7 Å². The molecule has 1 heterocycles. The Morgan fingerprint density at radius 1 is 1.13 bits per heavy atom. The van der Waals surface area contributed by atoms with Gasteiger partial charge in [0.25, 0.3) is 0 Å². The van der Waals surface area contributed by atoms with Gasteiger partial charge in [-0.05, 0) is 51.5 Å². The quantitative estimate of drug-likeness (QED) is 0.422. The number of carbonyl (C=O) groups is 2. The van der Waals surface area contributed by atoms with Crippen LogP contribution in [0.2, 0.25) is 0 Å². The van der Waals surface area contributed by atoms with Crippen LogP contribution in [0.25, 0.3) is 11.0 Å². The molecule has 0 fully saturated rings. The highest BCUT2D eigenvalue weighted by atomic mass is 32.2. The van der Waals surface area contributed by atoms with Crippen LogP contribution < -0.4 is 5.32 Å². The Labute approximate surface area is 181 Å². The molecule has 2 atom stereocenters. The van der Waals surface area contributed by atoms with Crippen molar-refractivity contribution >= 4 is 34.7 Å². The second kappa shape index (κ2) is 9.80. The smallest absolute Gasteiger partial charge is 0.338 e. The van der Waals surface area contributed by atoms with E-state index < -0.39 is 0 Å². The average molecular weight is 426 g/mol. The monoisotopic (exact) mass is 425 g/mol. The third kappa shape index (κ3) is 4.84.